The zero-order valence-corrected chi connectivity index (χ0v) is 40.2. The monoisotopic (exact) mass is 835 g/mol. The first-order valence-electron chi connectivity index (χ1n) is 26.4. The fourth-order valence-corrected chi connectivity index (χ4v) is 8.01. The molecule has 0 amide bonds. The van der Waals surface area contributed by atoms with E-state index in [1.165, 1.54) is 193 Å². The molecule has 0 aliphatic rings. The van der Waals surface area contributed by atoms with E-state index < -0.39 is 6.10 Å². The number of hydrogen-bond acceptors (Lipinski definition) is 6. The molecule has 0 fully saturated rings. The van der Waals surface area contributed by atoms with E-state index in [0.29, 0.717) is 19.3 Å². The van der Waals surface area contributed by atoms with Crippen LogP contribution in [0.3, 0.4) is 0 Å². The maximum atomic E-state index is 12.8. The zero-order chi connectivity index (χ0) is 43.1. The van der Waals surface area contributed by atoms with Gasteiger partial charge in [-0.2, -0.15) is 0 Å². The van der Waals surface area contributed by atoms with Crippen LogP contribution in [0.1, 0.15) is 297 Å². The Morgan fingerprint density at radius 3 is 0.881 bits per heavy atom. The van der Waals surface area contributed by atoms with Crippen molar-refractivity contribution >= 4 is 17.9 Å². The van der Waals surface area contributed by atoms with Crippen molar-refractivity contribution in [3.05, 3.63) is 0 Å². The van der Waals surface area contributed by atoms with Gasteiger partial charge >= 0.3 is 17.9 Å². The Hall–Kier alpha value is -1.59. The van der Waals surface area contributed by atoms with Crippen LogP contribution in [0, 0.1) is 5.92 Å². The number of carbonyl (C=O) groups excluding carboxylic acids is 3. The molecule has 0 aromatic carbocycles. The molecule has 0 rings (SSSR count). The maximum absolute atomic E-state index is 12.8. The van der Waals surface area contributed by atoms with Crippen molar-refractivity contribution < 1.29 is 28.6 Å². The van der Waals surface area contributed by atoms with Crippen molar-refractivity contribution in [3.63, 3.8) is 0 Å². The minimum Gasteiger partial charge on any atom is -0.462 e. The molecule has 350 valence electrons. The highest BCUT2D eigenvalue weighted by atomic mass is 16.6. The van der Waals surface area contributed by atoms with E-state index in [1.807, 2.05) is 0 Å². The first-order chi connectivity index (χ1) is 28.9. The normalized spacial score (nSPS) is 12.4. The summed E-state index contributed by atoms with van der Waals surface area (Å²) in [4.78, 5) is 37.9. The summed E-state index contributed by atoms with van der Waals surface area (Å²) in [5.74, 6) is -0.0333. The Morgan fingerprint density at radius 2 is 0.593 bits per heavy atom. The molecule has 0 radical (unpaired) electrons. The maximum Gasteiger partial charge on any atom is 0.306 e. The van der Waals surface area contributed by atoms with Gasteiger partial charge in [0.2, 0.25) is 0 Å². The molecule has 0 aromatic heterocycles. The second-order valence-corrected chi connectivity index (χ2v) is 18.4. The van der Waals surface area contributed by atoms with Gasteiger partial charge in [-0.15, -0.1) is 0 Å². The molecule has 0 spiro atoms. The van der Waals surface area contributed by atoms with Gasteiger partial charge in [0.25, 0.3) is 0 Å². The average molecular weight is 835 g/mol. The van der Waals surface area contributed by atoms with Gasteiger partial charge in [0.1, 0.15) is 13.2 Å². The highest BCUT2D eigenvalue weighted by Crippen LogP contribution is 2.18. The van der Waals surface area contributed by atoms with E-state index in [0.717, 1.165) is 63.7 Å². The third kappa shape index (κ3) is 45.8. The minimum absolute atomic E-state index is 0.0634. The minimum atomic E-state index is -0.761. The van der Waals surface area contributed by atoms with E-state index >= 15 is 0 Å². The van der Waals surface area contributed by atoms with E-state index in [-0.39, 0.29) is 31.1 Å². The van der Waals surface area contributed by atoms with Gasteiger partial charge in [-0.1, -0.05) is 259 Å². The lowest BCUT2D eigenvalue weighted by Gasteiger charge is -2.18. The number of carbonyl (C=O) groups is 3. The summed E-state index contributed by atoms with van der Waals surface area (Å²) in [6.07, 6.45) is 49.5. The van der Waals surface area contributed by atoms with Crippen LogP contribution in [-0.2, 0) is 28.6 Å². The molecular formula is C53H102O6. The van der Waals surface area contributed by atoms with Crippen molar-refractivity contribution in [2.75, 3.05) is 13.2 Å². The molecule has 0 saturated carbocycles. The van der Waals surface area contributed by atoms with Crippen molar-refractivity contribution in [1.29, 1.82) is 0 Å². The third-order valence-electron chi connectivity index (χ3n) is 12.4. The van der Waals surface area contributed by atoms with Crippen LogP contribution in [0.4, 0.5) is 0 Å². The standard InChI is InChI=1S/C53H102O6/c1-5-8-10-12-14-16-18-20-21-22-23-24-25-26-28-29-31-36-40-44-51(54)57-47-50(48-58-52(55)45-41-37-34-33-35-39-43-49(4)7-3)59-53(56)46-42-38-32-30-27-19-17-15-13-11-9-6-2/h49-50H,5-48H2,1-4H3/t49?,50-/m0/s1. The summed E-state index contributed by atoms with van der Waals surface area (Å²) < 4.78 is 16.8. The van der Waals surface area contributed by atoms with Crippen LogP contribution in [0.2, 0.25) is 0 Å². The molecule has 6 heteroatoms. The molecule has 0 aliphatic heterocycles. The highest BCUT2D eigenvalue weighted by molar-refractivity contribution is 5.71. The number of hydrogen-bond donors (Lipinski definition) is 0. The molecule has 6 nitrogen and oxygen atoms in total. The summed E-state index contributed by atoms with van der Waals surface area (Å²) in [6, 6.07) is 0. The molecule has 0 aliphatic carbocycles. The zero-order valence-electron chi connectivity index (χ0n) is 40.2. The van der Waals surface area contributed by atoms with Crippen molar-refractivity contribution in [1.82, 2.24) is 0 Å². The second-order valence-electron chi connectivity index (χ2n) is 18.4. The topological polar surface area (TPSA) is 78.9 Å². The van der Waals surface area contributed by atoms with E-state index in [4.69, 9.17) is 14.2 Å². The van der Waals surface area contributed by atoms with Crippen LogP contribution in [0.25, 0.3) is 0 Å². The SMILES string of the molecule is CCCCCCCCCCCCCCCCCCCCCC(=O)OC[C@@H](COC(=O)CCCCCCCCC(C)CC)OC(=O)CCCCCCCCCCCCCC. The summed E-state index contributed by atoms with van der Waals surface area (Å²) in [6.45, 7) is 9.00. The van der Waals surface area contributed by atoms with Gasteiger partial charge < -0.3 is 14.2 Å². The fraction of sp³-hybridized carbons (Fsp3) is 0.943. The average Bonchev–Trinajstić information content (AvgIpc) is 3.23. The molecule has 0 bridgehead atoms. The Labute approximate surface area is 368 Å². The van der Waals surface area contributed by atoms with Gasteiger partial charge in [-0.05, 0) is 25.2 Å². The van der Waals surface area contributed by atoms with Crippen LogP contribution >= 0.6 is 0 Å². The molecule has 0 N–H and O–H groups in total. The number of ether oxygens (including phenoxy) is 3. The summed E-state index contributed by atoms with van der Waals surface area (Å²) >= 11 is 0. The van der Waals surface area contributed by atoms with E-state index in [1.54, 1.807) is 0 Å². The third-order valence-corrected chi connectivity index (χ3v) is 12.4. The van der Waals surface area contributed by atoms with Crippen molar-refractivity contribution in [3.8, 4) is 0 Å². The summed E-state index contributed by atoms with van der Waals surface area (Å²) in [5.41, 5.74) is 0. The Morgan fingerprint density at radius 1 is 0.339 bits per heavy atom. The first-order valence-corrected chi connectivity index (χ1v) is 26.4. The molecule has 0 aromatic rings. The van der Waals surface area contributed by atoms with Crippen molar-refractivity contribution in [2.24, 2.45) is 5.92 Å². The van der Waals surface area contributed by atoms with Gasteiger partial charge in [-0.25, -0.2) is 0 Å². The smallest absolute Gasteiger partial charge is 0.306 e. The number of rotatable bonds is 48. The van der Waals surface area contributed by atoms with Crippen molar-refractivity contribution in [2.45, 2.75) is 303 Å². The molecule has 0 saturated heterocycles. The van der Waals surface area contributed by atoms with E-state index in [9.17, 15) is 14.4 Å². The Bertz CT molecular complexity index is 889. The number of unbranched alkanes of at least 4 members (excludes halogenated alkanes) is 34. The molecule has 1 unspecified atom stereocenters. The van der Waals surface area contributed by atoms with Gasteiger partial charge in [0.15, 0.2) is 6.10 Å². The molecule has 0 heterocycles. The second kappa shape index (κ2) is 47.5. The lowest BCUT2D eigenvalue weighted by atomic mass is 10.00. The lowest BCUT2D eigenvalue weighted by Crippen LogP contribution is -2.30. The quantitative estimate of drug-likeness (QED) is 0.0345. The van der Waals surface area contributed by atoms with Gasteiger partial charge in [0, 0.05) is 19.3 Å². The van der Waals surface area contributed by atoms with Crippen LogP contribution in [0.15, 0.2) is 0 Å². The fourth-order valence-electron chi connectivity index (χ4n) is 8.01. The van der Waals surface area contributed by atoms with Crippen LogP contribution in [-0.4, -0.2) is 37.2 Å². The molecule has 2 atom stereocenters. The molecular weight excluding hydrogens is 733 g/mol. The number of esters is 3. The van der Waals surface area contributed by atoms with Crippen LogP contribution in [0.5, 0.6) is 0 Å². The lowest BCUT2D eigenvalue weighted by molar-refractivity contribution is -0.167. The van der Waals surface area contributed by atoms with E-state index in [2.05, 4.69) is 27.7 Å². The van der Waals surface area contributed by atoms with Gasteiger partial charge in [-0.3, -0.25) is 14.4 Å². The Balaban J connectivity index is 4.23. The summed E-state index contributed by atoms with van der Waals surface area (Å²) in [5, 5.41) is 0. The predicted octanol–water partition coefficient (Wildman–Crippen LogP) is 17.1. The highest BCUT2D eigenvalue weighted by Gasteiger charge is 2.19. The summed E-state index contributed by atoms with van der Waals surface area (Å²) in [7, 11) is 0. The molecule has 59 heavy (non-hydrogen) atoms. The predicted molar refractivity (Wildman–Crippen MR) is 252 cm³/mol. The first kappa shape index (κ1) is 57.4. The Kier molecular flexibility index (Phi) is 46.2. The van der Waals surface area contributed by atoms with Crippen LogP contribution < -0.4 is 0 Å². The van der Waals surface area contributed by atoms with Gasteiger partial charge in [0.05, 0.1) is 0 Å². The largest absolute Gasteiger partial charge is 0.462 e.